The third-order valence-corrected chi connectivity index (χ3v) is 5.27. The van der Waals surface area contributed by atoms with Crippen molar-refractivity contribution in [1.29, 1.82) is 0 Å². The predicted octanol–water partition coefficient (Wildman–Crippen LogP) is 2.97. The zero-order valence-electron chi connectivity index (χ0n) is 17.2. The third-order valence-electron chi connectivity index (χ3n) is 5.27. The van der Waals surface area contributed by atoms with Gasteiger partial charge in [0.2, 0.25) is 0 Å². The van der Waals surface area contributed by atoms with E-state index >= 15 is 0 Å². The van der Waals surface area contributed by atoms with Crippen molar-refractivity contribution in [2.75, 3.05) is 6.61 Å². The molecule has 1 aliphatic rings. The minimum absolute atomic E-state index is 0.0449. The van der Waals surface area contributed by atoms with Crippen LogP contribution in [0.15, 0.2) is 23.0 Å². The standard InChI is InChI=1S/C22H29N3O4/c1-3-8-15(2)23-20(26)14-29-22(28)16-10-11-17-18(13-16)24-19-9-6-4-5-7-12-25(19)21(17)27/h10-11,13,15H,3-9,12,14H2,1-2H3,(H,23,26)/t15-/m1/s1. The van der Waals surface area contributed by atoms with Crippen LogP contribution in [0.3, 0.4) is 0 Å². The molecule has 3 rings (SSSR count). The smallest absolute Gasteiger partial charge is 0.338 e. The van der Waals surface area contributed by atoms with Crippen LogP contribution in [0.4, 0.5) is 0 Å². The zero-order valence-corrected chi connectivity index (χ0v) is 17.2. The lowest BCUT2D eigenvalue weighted by Gasteiger charge is -2.16. The number of aryl methyl sites for hydroxylation is 1. The number of benzene rings is 1. The number of nitrogens with one attached hydrogen (secondary N) is 1. The molecule has 1 aromatic heterocycles. The van der Waals surface area contributed by atoms with Gasteiger partial charge in [-0.25, -0.2) is 9.78 Å². The molecule has 2 aromatic rings. The number of carbonyl (C=O) groups excluding carboxylic acids is 2. The SMILES string of the molecule is CCC[C@@H](C)NC(=O)COC(=O)c1ccc2c(=O)n3c(nc2c1)CCCCCC3. The molecule has 7 nitrogen and oxygen atoms in total. The number of rotatable bonds is 6. The molecule has 0 unspecified atom stereocenters. The van der Waals surface area contributed by atoms with E-state index in [1.54, 1.807) is 22.8 Å². The first-order valence-electron chi connectivity index (χ1n) is 10.5. The van der Waals surface area contributed by atoms with Crippen molar-refractivity contribution in [1.82, 2.24) is 14.9 Å². The Morgan fingerprint density at radius 1 is 1.24 bits per heavy atom. The van der Waals surface area contributed by atoms with Crippen molar-refractivity contribution in [3.8, 4) is 0 Å². The molecule has 0 radical (unpaired) electrons. The molecule has 0 saturated carbocycles. The van der Waals surface area contributed by atoms with Gasteiger partial charge >= 0.3 is 5.97 Å². The second-order valence-corrected chi connectivity index (χ2v) is 7.71. The molecule has 0 bridgehead atoms. The Morgan fingerprint density at radius 3 is 2.83 bits per heavy atom. The van der Waals surface area contributed by atoms with Crippen LogP contribution < -0.4 is 10.9 Å². The van der Waals surface area contributed by atoms with Crippen LogP contribution in [0.2, 0.25) is 0 Å². The van der Waals surface area contributed by atoms with E-state index in [0.717, 1.165) is 50.8 Å². The molecule has 2 heterocycles. The van der Waals surface area contributed by atoms with Crippen molar-refractivity contribution in [3.63, 3.8) is 0 Å². The van der Waals surface area contributed by atoms with Crippen LogP contribution in [0.25, 0.3) is 10.9 Å². The normalized spacial score (nSPS) is 15.1. The van der Waals surface area contributed by atoms with Crippen LogP contribution in [-0.4, -0.2) is 34.1 Å². The molecule has 1 N–H and O–H groups in total. The number of aromatic nitrogens is 2. The van der Waals surface area contributed by atoms with Gasteiger partial charge in [-0.2, -0.15) is 0 Å². The number of carbonyl (C=O) groups is 2. The highest BCUT2D eigenvalue weighted by molar-refractivity contribution is 5.95. The summed E-state index contributed by atoms with van der Waals surface area (Å²) in [5, 5.41) is 3.29. The van der Waals surface area contributed by atoms with Gasteiger partial charge in [0.25, 0.3) is 11.5 Å². The summed E-state index contributed by atoms with van der Waals surface area (Å²) >= 11 is 0. The number of esters is 1. The number of ether oxygens (including phenoxy) is 1. The molecule has 0 aliphatic carbocycles. The fraction of sp³-hybridized carbons (Fsp3) is 0.545. The first-order valence-corrected chi connectivity index (χ1v) is 10.5. The molecular formula is C22H29N3O4. The van der Waals surface area contributed by atoms with Gasteiger partial charge in [-0.3, -0.25) is 14.2 Å². The Balaban J connectivity index is 1.75. The minimum atomic E-state index is -0.598. The van der Waals surface area contributed by atoms with Gasteiger partial charge in [-0.1, -0.05) is 26.2 Å². The third kappa shape index (κ3) is 5.22. The molecule has 7 heteroatoms. The van der Waals surface area contributed by atoms with Gasteiger partial charge in [0.05, 0.1) is 16.5 Å². The maximum absolute atomic E-state index is 12.8. The Kier molecular flexibility index (Phi) is 7.01. The fourth-order valence-electron chi connectivity index (χ4n) is 3.76. The Morgan fingerprint density at radius 2 is 2.03 bits per heavy atom. The van der Waals surface area contributed by atoms with Gasteiger partial charge in [0.15, 0.2) is 6.61 Å². The molecule has 1 atom stereocenters. The van der Waals surface area contributed by atoms with Gasteiger partial charge in [0, 0.05) is 19.0 Å². The summed E-state index contributed by atoms with van der Waals surface area (Å²) in [5.41, 5.74) is 0.725. The molecule has 156 valence electrons. The Bertz CT molecular complexity index is 951. The molecule has 1 aromatic carbocycles. The first-order chi connectivity index (χ1) is 14.0. The minimum Gasteiger partial charge on any atom is -0.452 e. The Hall–Kier alpha value is -2.70. The maximum atomic E-state index is 12.8. The molecule has 1 amide bonds. The topological polar surface area (TPSA) is 90.3 Å². The lowest BCUT2D eigenvalue weighted by atomic mass is 10.1. The van der Waals surface area contributed by atoms with E-state index in [1.165, 1.54) is 0 Å². The van der Waals surface area contributed by atoms with Crippen LogP contribution in [0.1, 0.15) is 68.6 Å². The van der Waals surface area contributed by atoms with Gasteiger partial charge in [-0.05, 0) is 44.4 Å². The molecule has 1 aliphatic heterocycles. The number of fused-ring (bicyclic) bond motifs is 2. The molecular weight excluding hydrogens is 370 g/mol. The summed E-state index contributed by atoms with van der Waals surface area (Å²) in [5.74, 6) is -0.145. The number of hydrogen-bond donors (Lipinski definition) is 1. The summed E-state index contributed by atoms with van der Waals surface area (Å²) in [6.45, 7) is 4.32. The van der Waals surface area contributed by atoms with E-state index in [2.05, 4.69) is 10.3 Å². The summed E-state index contributed by atoms with van der Waals surface area (Å²) in [6.07, 6.45) is 6.84. The average molecular weight is 399 g/mol. The maximum Gasteiger partial charge on any atom is 0.338 e. The van der Waals surface area contributed by atoms with E-state index < -0.39 is 5.97 Å². The van der Waals surface area contributed by atoms with Gasteiger partial charge < -0.3 is 10.1 Å². The largest absolute Gasteiger partial charge is 0.452 e. The van der Waals surface area contributed by atoms with E-state index in [-0.39, 0.29) is 29.7 Å². The lowest BCUT2D eigenvalue weighted by molar-refractivity contribution is -0.124. The quantitative estimate of drug-likeness (QED) is 0.754. The second kappa shape index (κ2) is 9.67. The summed E-state index contributed by atoms with van der Waals surface area (Å²) in [4.78, 5) is 41.8. The van der Waals surface area contributed by atoms with Crippen LogP contribution in [0, 0.1) is 0 Å². The predicted molar refractivity (Wildman–Crippen MR) is 111 cm³/mol. The fourth-order valence-corrected chi connectivity index (χ4v) is 3.76. The second-order valence-electron chi connectivity index (χ2n) is 7.71. The lowest BCUT2D eigenvalue weighted by Crippen LogP contribution is -2.35. The van der Waals surface area contributed by atoms with Crippen LogP contribution in [0.5, 0.6) is 0 Å². The zero-order chi connectivity index (χ0) is 20.8. The van der Waals surface area contributed by atoms with Gasteiger partial charge in [0.1, 0.15) is 5.82 Å². The van der Waals surface area contributed by atoms with Crippen molar-refractivity contribution >= 4 is 22.8 Å². The highest BCUT2D eigenvalue weighted by atomic mass is 16.5. The highest BCUT2D eigenvalue weighted by Crippen LogP contribution is 2.17. The van der Waals surface area contributed by atoms with Crippen molar-refractivity contribution < 1.29 is 14.3 Å². The van der Waals surface area contributed by atoms with E-state index in [0.29, 0.717) is 17.4 Å². The van der Waals surface area contributed by atoms with Crippen molar-refractivity contribution in [2.45, 2.75) is 71.4 Å². The monoisotopic (exact) mass is 399 g/mol. The van der Waals surface area contributed by atoms with Crippen molar-refractivity contribution in [2.24, 2.45) is 0 Å². The summed E-state index contributed by atoms with van der Waals surface area (Å²) in [6, 6.07) is 4.80. The number of hydrogen-bond acceptors (Lipinski definition) is 5. The average Bonchev–Trinajstić information content (AvgIpc) is 2.67. The first kappa shape index (κ1) is 21.0. The highest BCUT2D eigenvalue weighted by Gasteiger charge is 2.16. The molecule has 29 heavy (non-hydrogen) atoms. The van der Waals surface area contributed by atoms with E-state index in [4.69, 9.17) is 4.74 Å². The summed E-state index contributed by atoms with van der Waals surface area (Å²) in [7, 11) is 0. The molecule has 0 saturated heterocycles. The Labute approximate surface area is 170 Å². The van der Waals surface area contributed by atoms with E-state index in [9.17, 15) is 14.4 Å². The molecule has 0 fully saturated rings. The number of amides is 1. The van der Waals surface area contributed by atoms with Crippen LogP contribution >= 0.6 is 0 Å². The van der Waals surface area contributed by atoms with Gasteiger partial charge in [-0.15, -0.1) is 0 Å². The van der Waals surface area contributed by atoms with Crippen molar-refractivity contribution in [3.05, 3.63) is 39.9 Å². The molecule has 0 spiro atoms. The summed E-state index contributed by atoms with van der Waals surface area (Å²) < 4.78 is 6.90. The van der Waals surface area contributed by atoms with Crippen LogP contribution in [-0.2, 0) is 22.5 Å². The number of nitrogens with zero attached hydrogens (tertiary/aromatic N) is 2. The van der Waals surface area contributed by atoms with E-state index in [1.807, 2.05) is 13.8 Å².